The molecule has 0 unspecified atom stereocenters. The molecule has 3 nitrogen and oxygen atoms in total. The monoisotopic (exact) mass is 197 g/mol. The Bertz CT molecular complexity index is 195. The Labute approximate surface area is 87.9 Å². The van der Waals surface area contributed by atoms with Gasteiger partial charge in [-0.25, -0.2) is 0 Å². The highest BCUT2D eigenvalue weighted by Crippen LogP contribution is 2.04. The third-order valence-corrected chi connectivity index (χ3v) is 1.98. The fourth-order valence-corrected chi connectivity index (χ4v) is 0.967. The Morgan fingerprint density at radius 3 is 2.57 bits per heavy atom. The minimum atomic E-state index is 0.287. The van der Waals surface area contributed by atoms with Crippen molar-refractivity contribution in [3.8, 4) is 0 Å². The second-order valence-corrected chi connectivity index (χ2v) is 3.92. The van der Waals surface area contributed by atoms with Crippen LogP contribution in [0.25, 0.3) is 0 Å². The zero-order valence-electron chi connectivity index (χ0n) is 10.1. The van der Waals surface area contributed by atoms with Gasteiger partial charge in [0.05, 0.1) is 6.04 Å². The summed E-state index contributed by atoms with van der Waals surface area (Å²) in [5.41, 5.74) is 1.44. The van der Waals surface area contributed by atoms with E-state index in [1.165, 1.54) is 5.57 Å². The van der Waals surface area contributed by atoms with Crippen LogP contribution in [0.4, 0.5) is 0 Å². The van der Waals surface area contributed by atoms with E-state index in [4.69, 9.17) is 0 Å². The van der Waals surface area contributed by atoms with Gasteiger partial charge in [0.15, 0.2) is 0 Å². The van der Waals surface area contributed by atoms with Gasteiger partial charge in [0.2, 0.25) is 0 Å². The normalized spacial score (nSPS) is 12.9. The molecule has 0 amide bonds. The van der Waals surface area contributed by atoms with Gasteiger partial charge in [-0.1, -0.05) is 16.9 Å². The van der Waals surface area contributed by atoms with Crippen molar-refractivity contribution < 1.29 is 0 Å². The fraction of sp³-hybridized carbons (Fsp3) is 0.818. The van der Waals surface area contributed by atoms with E-state index in [0.29, 0.717) is 0 Å². The largest absolute Gasteiger partial charge is 0.282 e. The Kier molecular flexibility index (Phi) is 7.07. The van der Waals surface area contributed by atoms with Gasteiger partial charge in [-0.2, -0.15) is 5.11 Å². The molecule has 0 bridgehead atoms. The quantitative estimate of drug-likeness (QED) is 0.364. The lowest BCUT2D eigenvalue weighted by molar-refractivity contribution is 0.316. The van der Waals surface area contributed by atoms with Crippen LogP contribution in [-0.4, -0.2) is 24.6 Å². The first-order valence-corrected chi connectivity index (χ1v) is 5.30. The maximum Gasteiger partial charge on any atom is 0.0673 e. The third kappa shape index (κ3) is 7.77. The molecule has 3 heteroatoms. The van der Waals surface area contributed by atoms with Crippen molar-refractivity contribution in [2.75, 3.05) is 13.6 Å². The second kappa shape index (κ2) is 7.54. The van der Waals surface area contributed by atoms with Crippen molar-refractivity contribution >= 4 is 0 Å². The summed E-state index contributed by atoms with van der Waals surface area (Å²) >= 11 is 0. The predicted molar refractivity (Wildman–Crippen MR) is 61.3 cm³/mol. The van der Waals surface area contributed by atoms with E-state index in [-0.39, 0.29) is 6.04 Å². The van der Waals surface area contributed by atoms with Gasteiger partial charge in [0.1, 0.15) is 0 Å². The lowest BCUT2D eigenvalue weighted by atomic mass is 10.1. The van der Waals surface area contributed by atoms with Gasteiger partial charge < -0.3 is 0 Å². The molecular formula is C11H23N3. The Morgan fingerprint density at radius 1 is 1.43 bits per heavy atom. The van der Waals surface area contributed by atoms with Crippen molar-refractivity contribution in [3.05, 3.63) is 11.6 Å². The topological polar surface area (TPSA) is 28.0 Å². The Hall–Kier alpha value is -0.860. The molecule has 0 heterocycles. The van der Waals surface area contributed by atoms with Gasteiger partial charge in [-0.05, 0) is 40.5 Å². The summed E-state index contributed by atoms with van der Waals surface area (Å²) in [5, 5.41) is 10.1. The molecule has 0 saturated carbocycles. The van der Waals surface area contributed by atoms with Crippen molar-refractivity contribution in [2.45, 2.75) is 46.6 Å². The van der Waals surface area contributed by atoms with Crippen LogP contribution in [0.2, 0.25) is 0 Å². The molecule has 0 saturated heterocycles. The molecule has 0 rings (SSSR count). The predicted octanol–water partition coefficient (Wildman–Crippen LogP) is 3.44. The van der Waals surface area contributed by atoms with E-state index in [0.717, 1.165) is 19.4 Å². The van der Waals surface area contributed by atoms with Crippen LogP contribution in [0.15, 0.2) is 22.0 Å². The Balaban J connectivity index is 3.59. The summed E-state index contributed by atoms with van der Waals surface area (Å²) in [6.45, 7) is 9.27. The van der Waals surface area contributed by atoms with Crippen LogP contribution < -0.4 is 0 Å². The van der Waals surface area contributed by atoms with E-state index >= 15 is 0 Å². The summed E-state index contributed by atoms with van der Waals surface area (Å²) in [7, 11) is 1.97. The number of rotatable bonds is 6. The molecule has 0 N–H and O–H groups in total. The smallest absolute Gasteiger partial charge is 0.0673 e. The van der Waals surface area contributed by atoms with Gasteiger partial charge in [-0.15, -0.1) is 0 Å². The maximum absolute atomic E-state index is 4.09. The standard InChI is InChI=1S/C11H23N3/c1-6-11(4)8-7-9-14(5)13-12-10(2)3/h6,10H,7-9H2,1-5H3/b11-6+,13-12-. The number of hydrogen-bond donors (Lipinski definition) is 0. The number of hydrogen-bond acceptors (Lipinski definition) is 2. The summed E-state index contributed by atoms with van der Waals surface area (Å²) < 4.78 is 0. The maximum atomic E-state index is 4.09. The lowest BCUT2D eigenvalue weighted by Gasteiger charge is -2.11. The molecule has 0 aliphatic heterocycles. The van der Waals surface area contributed by atoms with E-state index in [1.807, 2.05) is 25.9 Å². The van der Waals surface area contributed by atoms with Crippen molar-refractivity contribution in [2.24, 2.45) is 10.3 Å². The first kappa shape index (κ1) is 13.1. The molecule has 0 spiro atoms. The van der Waals surface area contributed by atoms with Crippen LogP contribution in [0, 0.1) is 0 Å². The molecule has 0 fully saturated rings. The molecule has 0 atom stereocenters. The highest BCUT2D eigenvalue weighted by atomic mass is 15.5. The molecule has 0 aromatic heterocycles. The number of allylic oxidation sites excluding steroid dienone is 2. The number of nitrogens with zero attached hydrogens (tertiary/aromatic N) is 3. The Morgan fingerprint density at radius 2 is 2.07 bits per heavy atom. The zero-order chi connectivity index (χ0) is 11.0. The molecule has 0 radical (unpaired) electrons. The first-order chi connectivity index (χ1) is 6.56. The molecule has 0 aromatic carbocycles. The molecule has 0 aliphatic carbocycles. The van der Waals surface area contributed by atoms with Crippen LogP contribution >= 0.6 is 0 Å². The van der Waals surface area contributed by atoms with E-state index in [2.05, 4.69) is 30.3 Å². The van der Waals surface area contributed by atoms with Crippen LogP contribution in [-0.2, 0) is 0 Å². The molecule has 0 aliphatic rings. The van der Waals surface area contributed by atoms with Gasteiger partial charge >= 0.3 is 0 Å². The average molecular weight is 197 g/mol. The minimum absolute atomic E-state index is 0.287. The van der Waals surface area contributed by atoms with E-state index in [9.17, 15) is 0 Å². The average Bonchev–Trinajstić information content (AvgIpc) is 2.14. The molecular weight excluding hydrogens is 174 g/mol. The summed E-state index contributed by atoms with van der Waals surface area (Å²) in [5.74, 6) is 0. The van der Waals surface area contributed by atoms with Gasteiger partial charge in [0.25, 0.3) is 0 Å². The van der Waals surface area contributed by atoms with Gasteiger partial charge in [-0.3, -0.25) is 5.01 Å². The second-order valence-electron chi connectivity index (χ2n) is 3.92. The highest BCUT2D eigenvalue weighted by Gasteiger charge is 1.95. The highest BCUT2D eigenvalue weighted by molar-refractivity contribution is 4.94. The van der Waals surface area contributed by atoms with E-state index < -0.39 is 0 Å². The first-order valence-electron chi connectivity index (χ1n) is 5.30. The lowest BCUT2D eigenvalue weighted by Crippen LogP contribution is -2.12. The van der Waals surface area contributed by atoms with Crippen LogP contribution in [0.3, 0.4) is 0 Å². The van der Waals surface area contributed by atoms with E-state index in [1.54, 1.807) is 0 Å². The summed E-state index contributed by atoms with van der Waals surface area (Å²) in [6.07, 6.45) is 4.46. The van der Waals surface area contributed by atoms with Crippen LogP contribution in [0.5, 0.6) is 0 Å². The minimum Gasteiger partial charge on any atom is -0.282 e. The van der Waals surface area contributed by atoms with Crippen molar-refractivity contribution in [3.63, 3.8) is 0 Å². The van der Waals surface area contributed by atoms with Crippen LogP contribution in [0.1, 0.15) is 40.5 Å². The molecule has 0 aromatic rings. The molecule has 14 heavy (non-hydrogen) atoms. The zero-order valence-corrected chi connectivity index (χ0v) is 10.1. The summed E-state index contributed by atoms with van der Waals surface area (Å²) in [4.78, 5) is 0. The van der Waals surface area contributed by atoms with Crippen molar-refractivity contribution in [1.82, 2.24) is 5.01 Å². The fourth-order valence-electron chi connectivity index (χ4n) is 0.967. The SMILES string of the molecule is C/C=C(\C)CCCN(C)/N=N\C(C)C. The van der Waals surface area contributed by atoms with Gasteiger partial charge in [0, 0.05) is 13.6 Å². The van der Waals surface area contributed by atoms with Crippen molar-refractivity contribution in [1.29, 1.82) is 0 Å². The molecule has 82 valence electrons. The summed E-state index contributed by atoms with van der Waals surface area (Å²) in [6, 6.07) is 0.287. The third-order valence-electron chi connectivity index (χ3n) is 1.98.